The van der Waals surface area contributed by atoms with Crippen molar-refractivity contribution < 1.29 is 23.5 Å². The minimum atomic E-state index is -1.22. The highest BCUT2D eigenvalue weighted by Crippen LogP contribution is 2.29. The summed E-state index contributed by atoms with van der Waals surface area (Å²) in [5.74, 6) is -1.93. The highest BCUT2D eigenvalue weighted by atomic mass is 19.1. The first-order valence-electron chi connectivity index (χ1n) is 16.8. The molecule has 0 aliphatic carbocycles. The molecule has 0 radical (unpaired) electrons. The molecule has 2 amide bonds. The van der Waals surface area contributed by atoms with E-state index in [4.69, 9.17) is 5.73 Å². The number of carbonyl (C=O) groups is 2. The van der Waals surface area contributed by atoms with Crippen molar-refractivity contribution in [3.05, 3.63) is 142 Å². The van der Waals surface area contributed by atoms with Crippen LogP contribution in [-0.2, 0) is 12.8 Å². The lowest BCUT2D eigenvalue weighted by Crippen LogP contribution is -2.48. The number of hydrogen-bond donors (Lipinski definition) is 2. The van der Waals surface area contributed by atoms with Crippen molar-refractivity contribution in [3.63, 3.8) is 0 Å². The van der Waals surface area contributed by atoms with Crippen LogP contribution in [0.15, 0.2) is 97.1 Å². The second-order valence-corrected chi connectivity index (χ2v) is 12.5. The van der Waals surface area contributed by atoms with Gasteiger partial charge < -0.3 is 20.6 Å². The Kier molecular flexibility index (Phi) is 13.4. The van der Waals surface area contributed by atoms with Gasteiger partial charge in [-0.3, -0.25) is 9.59 Å². The molecule has 48 heavy (non-hydrogen) atoms. The molecule has 0 aliphatic heterocycles. The Bertz CT molecular complexity index is 1610. The Hall–Kier alpha value is -4.40. The van der Waals surface area contributed by atoms with E-state index in [2.05, 4.69) is 0 Å². The van der Waals surface area contributed by atoms with E-state index < -0.39 is 29.8 Å². The summed E-state index contributed by atoms with van der Waals surface area (Å²) in [5.41, 5.74) is 10.3. The molecule has 3 N–H and O–H groups in total. The maximum Gasteiger partial charge on any atom is 0.254 e. The Balaban J connectivity index is 1.73. The maximum absolute atomic E-state index is 14.7. The molecular weight excluding hydrogens is 608 g/mol. The fourth-order valence-electron chi connectivity index (χ4n) is 6.18. The molecule has 0 aliphatic rings. The normalized spacial score (nSPS) is 13.1. The highest BCUT2D eigenvalue weighted by Gasteiger charge is 2.31. The van der Waals surface area contributed by atoms with E-state index in [1.165, 1.54) is 12.1 Å². The summed E-state index contributed by atoms with van der Waals surface area (Å²) < 4.78 is 27.9. The topological polar surface area (TPSA) is 86.9 Å². The third-order valence-corrected chi connectivity index (χ3v) is 8.49. The summed E-state index contributed by atoms with van der Waals surface area (Å²) >= 11 is 0. The molecule has 1 unspecified atom stereocenters. The van der Waals surface area contributed by atoms with Crippen molar-refractivity contribution >= 4 is 11.8 Å². The third kappa shape index (κ3) is 10.1. The van der Waals surface area contributed by atoms with Crippen LogP contribution >= 0.6 is 0 Å². The van der Waals surface area contributed by atoms with E-state index in [1.807, 2.05) is 86.3 Å². The molecule has 4 rings (SSSR count). The van der Waals surface area contributed by atoms with E-state index in [9.17, 15) is 23.5 Å². The van der Waals surface area contributed by atoms with Crippen molar-refractivity contribution in [1.29, 1.82) is 0 Å². The fraction of sp³-hybridized carbons (Fsp3) is 0.350. The number of rotatable bonds is 16. The van der Waals surface area contributed by atoms with Crippen molar-refractivity contribution in [2.75, 3.05) is 19.6 Å². The van der Waals surface area contributed by atoms with E-state index in [-0.39, 0.29) is 24.8 Å². The smallest absolute Gasteiger partial charge is 0.254 e. The number of hydrogen-bond acceptors (Lipinski definition) is 4. The van der Waals surface area contributed by atoms with Gasteiger partial charge in [-0.1, -0.05) is 74.5 Å². The quantitative estimate of drug-likeness (QED) is 0.133. The van der Waals surface area contributed by atoms with Crippen LogP contribution in [0.1, 0.15) is 82.1 Å². The molecule has 0 saturated heterocycles. The van der Waals surface area contributed by atoms with Gasteiger partial charge in [-0.15, -0.1) is 0 Å². The van der Waals surface area contributed by atoms with Gasteiger partial charge in [0.15, 0.2) is 0 Å². The van der Waals surface area contributed by atoms with Crippen LogP contribution in [-0.4, -0.2) is 58.5 Å². The van der Waals surface area contributed by atoms with Gasteiger partial charge in [0.1, 0.15) is 11.6 Å². The Morgan fingerprint density at radius 2 is 1.33 bits per heavy atom. The molecule has 4 aromatic carbocycles. The fourth-order valence-corrected chi connectivity index (χ4v) is 6.18. The van der Waals surface area contributed by atoms with Crippen molar-refractivity contribution in [2.24, 2.45) is 5.73 Å². The van der Waals surface area contributed by atoms with Gasteiger partial charge in [0.25, 0.3) is 11.8 Å². The van der Waals surface area contributed by atoms with Gasteiger partial charge in [-0.25, -0.2) is 8.78 Å². The summed E-state index contributed by atoms with van der Waals surface area (Å²) in [6, 6.07) is 26.6. The summed E-state index contributed by atoms with van der Waals surface area (Å²) in [7, 11) is 0. The monoisotopic (exact) mass is 655 g/mol. The van der Waals surface area contributed by atoms with Crippen molar-refractivity contribution in [2.45, 2.75) is 71.1 Å². The standard InChI is InChI=1S/C40H47F2N3O3/c1-4-18-44(19-5-2)39(47)32-20-28(3)21-33(25-32)40(48)45(27-38(46)36(43)24-30-22-34(41)26-35(42)23-30)37(31-14-10-7-11-15-31)17-16-29-12-8-6-9-13-29/h6-15,20-23,25-26,36-38,46H,4-5,16-19,24,27,43H2,1-3H3/t36-,37?,38+/m0/s1. The van der Waals surface area contributed by atoms with Gasteiger partial charge in [-0.2, -0.15) is 0 Å². The number of carbonyl (C=O) groups excluding carboxylic acids is 2. The maximum atomic E-state index is 14.7. The number of benzene rings is 4. The van der Waals surface area contributed by atoms with Crippen LogP contribution in [0.3, 0.4) is 0 Å². The van der Waals surface area contributed by atoms with E-state index >= 15 is 0 Å². The molecule has 3 atom stereocenters. The van der Waals surface area contributed by atoms with Crippen LogP contribution in [0.4, 0.5) is 8.78 Å². The van der Waals surface area contributed by atoms with Crippen LogP contribution in [0.25, 0.3) is 0 Å². The Morgan fingerprint density at radius 1 is 0.771 bits per heavy atom. The summed E-state index contributed by atoms with van der Waals surface area (Å²) in [6.07, 6.45) is 1.63. The van der Waals surface area contributed by atoms with Gasteiger partial charge >= 0.3 is 0 Å². The van der Waals surface area contributed by atoms with Gasteiger partial charge in [0.05, 0.1) is 12.1 Å². The lowest BCUT2D eigenvalue weighted by atomic mass is 9.94. The van der Waals surface area contributed by atoms with Gasteiger partial charge in [0.2, 0.25) is 0 Å². The first-order valence-corrected chi connectivity index (χ1v) is 16.8. The third-order valence-electron chi connectivity index (χ3n) is 8.49. The molecule has 0 aromatic heterocycles. The number of aliphatic hydroxyl groups is 1. The van der Waals surface area contributed by atoms with Crippen molar-refractivity contribution in [1.82, 2.24) is 9.80 Å². The number of aliphatic hydroxyl groups excluding tert-OH is 1. The lowest BCUT2D eigenvalue weighted by molar-refractivity contribution is 0.0442. The largest absolute Gasteiger partial charge is 0.390 e. The molecular formula is C40H47F2N3O3. The molecule has 8 heteroatoms. The Morgan fingerprint density at radius 3 is 1.92 bits per heavy atom. The average Bonchev–Trinajstić information content (AvgIpc) is 3.07. The van der Waals surface area contributed by atoms with Crippen LogP contribution in [0.5, 0.6) is 0 Å². The van der Waals surface area contributed by atoms with Crippen LogP contribution in [0, 0.1) is 18.6 Å². The highest BCUT2D eigenvalue weighted by molar-refractivity contribution is 6.00. The van der Waals surface area contributed by atoms with E-state index in [1.54, 1.807) is 23.1 Å². The number of nitrogens with zero attached hydrogens (tertiary/aromatic N) is 2. The molecule has 0 fully saturated rings. The zero-order chi connectivity index (χ0) is 34.6. The minimum absolute atomic E-state index is 0.00564. The summed E-state index contributed by atoms with van der Waals surface area (Å²) in [5, 5.41) is 11.5. The molecule has 4 aromatic rings. The van der Waals surface area contributed by atoms with Crippen molar-refractivity contribution in [3.8, 4) is 0 Å². The first kappa shape index (κ1) is 36.4. The predicted molar refractivity (Wildman–Crippen MR) is 187 cm³/mol. The number of nitrogens with two attached hydrogens (primary N) is 1. The number of amides is 2. The zero-order valence-electron chi connectivity index (χ0n) is 28.1. The number of halogens is 2. The predicted octanol–water partition coefficient (Wildman–Crippen LogP) is 7.28. The van der Waals surface area contributed by atoms with E-state index in [0.717, 1.165) is 35.6 Å². The molecule has 6 nitrogen and oxygen atoms in total. The number of aryl methyl sites for hydroxylation is 2. The molecule has 0 heterocycles. The Labute approximate surface area is 283 Å². The SMILES string of the molecule is CCCN(CCC)C(=O)c1cc(C)cc(C(=O)N(C[C@@H](O)[C@@H](N)Cc2cc(F)cc(F)c2)C(CCc2ccccc2)c2ccccc2)c1. The van der Waals surface area contributed by atoms with E-state index in [0.29, 0.717) is 42.6 Å². The van der Waals surface area contributed by atoms with Crippen LogP contribution in [0.2, 0.25) is 0 Å². The molecule has 0 saturated carbocycles. The molecule has 254 valence electrons. The minimum Gasteiger partial charge on any atom is -0.390 e. The molecule has 0 bridgehead atoms. The average molecular weight is 656 g/mol. The second-order valence-electron chi connectivity index (χ2n) is 12.5. The summed E-state index contributed by atoms with van der Waals surface area (Å²) in [6.45, 7) is 7.00. The molecule has 0 spiro atoms. The van der Waals surface area contributed by atoms with Gasteiger partial charge in [0, 0.05) is 42.9 Å². The summed E-state index contributed by atoms with van der Waals surface area (Å²) in [4.78, 5) is 31.7. The first-order chi connectivity index (χ1) is 23.1. The van der Waals surface area contributed by atoms with Gasteiger partial charge in [-0.05, 0) is 91.6 Å². The zero-order valence-corrected chi connectivity index (χ0v) is 28.1. The van der Waals surface area contributed by atoms with Crippen LogP contribution < -0.4 is 5.73 Å². The second kappa shape index (κ2) is 17.7. The lowest BCUT2D eigenvalue weighted by Gasteiger charge is -2.35.